The molecule has 3 aromatic rings. The molecule has 10 heteroatoms. The average Bonchev–Trinajstić information content (AvgIpc) is 2.99. The van der Waals surface area contributed by atoms with Gasteiger partial charge in [-0.15, -0.1) is 0 Å². The number of para-hydroxylation sites is 1. The summed E-state index contributed by atoms with van der Waals surface area (Å²) in [7, 11) is 0. The quantitative estimate of drug-likeness (QED) is 0.403. The molecule has 5 rings (SSSR count). The molecule has 2 aliphatic heterocycles. The van der Waals surface area contributed by atoms with Gasteiger partial charge in [0, 0.05) is 31.4 Å². The van der Waals surface area contributed by atoms with Crippen molar-refractivity contribution in [3.63, 3.8) is 0 Å². The van der Waals surface area contributed by atoms with Crippen LogP contribution in [0.5, 0.6) is 11.5 Å². The molecule has 0 bridgehead atoms. The summed E-state index contributed by atoms with van der Waals surface area (Å²) in [5.74, 6) is 0.531. The number of aliphatic imine (C=N–C) groups is 1. The number of amides is 2. The molecule has 1 saturated heterocycles. The van der Waals surface area contributed by atoms with Gasteiger partial charge in [-0.1, -0.05) is 18.2 Å². The monoisotopic (exact) mass is 498 g/mol. The number of benzene rings is 3. The third kappa shape index (κ3) is 4.71. The molecule has 0 radical (unpaired) electrons. The number of piperazine rings is 1. The Labute approximate surface area is 204 Å². The standard InChI is InChI=1S/C26H22F4N4O2/c1-16-15-33(11-12-34(16)25(35)31-19-6-4-5-18(27)14-19)24-20-7-2-3-8-22(20)36-23-13-17(26(28,29)30)9-10-21(23)32-24/h2-10,13-14,16H,11-12,15H2,1H3,(H,31,35). The number of halogens is 4. The molecule has 1 unspecified atom stereocenters. The average molecular weight is 498 g/mol. The van der Waals surface area contributed by atoms with Gasteiger partial charge in [-0.05, 0) is 55.5 Å². The first-order valence-electron chi connectivity index (χ1n) is 11.3. The van der Waals surface area contributed by atoms with E-state index in [1.807, 2.05) is 11.8 Å². The molecule has 2 aliphatic rings. The smallest absolute Gasteiger partial charge is 0.416 e. The highest BCUT2D eigenvalue weighted by molar-refractivity contribution is 6.04. The second-order valence-corrected chi connectivity index (χ2v) is 8.64. The summed E-state index contributed by atoms with van der Waals surface area (Å²) in [6, 6.07) is 15.4. The van der Waals surface area contributed by atoms with Crippen molar-refractivity contribution < 1.29 is 27.1 Å². The Hall–Kier alpha value is -4.08. The van der Waals surface area contributed by atoms with E-state index in [0.29, 0.717) is 42.5 Å². The number of alkyl halides is 3. The molecule has 3 aromatic carbocycles. The minimum Gasteiger partial charge on any atom is -0.454 e. The zero-order valence-corrected chi connectivity index (χ0v) is 19.2. The molecule has 0 aliphatic carbocycles. The molecule has 0 saturated carbocycles. The Morgan fingerprint density at radius 2 is 1.83 bits per heavy atom. The summed E-state index contributed by atoms with van der Waals surface area (Å²) in [6.45, 7) is 3.12. The van der Waals surface area contributed by atoms with Crippen molar-refractivity contribution in [3.8, 4) is 11.5 Å². The van der Waals surface area contributed by atoms with Crippen molar-refractivity contribution >= 4 is 23.2 Å². The van der Waals surface area contributed by atoms with Gasteiger partial charge in [0.15, 0.2) is 5.75 Å². The van der Waals surface area contributed by atoms with E-state index in [1.54, 1.807) is 35.2 Å². The van der Waals surface area contributed by atoms with Gasteiger partial charge in [0.25, 0.3) is 0 Å². The predicted octanol–water partition coefficient (Wildman–Crippen LogP) is 6.27. The number of hydrogen-bond donors (Lipinski definition) is 1. The fourth-order valence-electron chi connectivity index (χ4n) is 4.35. The first kappa shape index (κ1) is 23.7. The molecule has 186 valence electrons. The van der Waals surface area contributed by atoms with Gasteiger partial charge < -0.3 is 19.9 Å². The Kier molecular flexibility index (Phi) is 6.03. The lowest BCUT2D eigenvalue weighted by atomic mass is 10.1. The van der Waals surface area contributed by atoms with Crippen LogP contribution in [0.1, 0.15) is 18.1 Å². The minimum absolute atomic E-state index is 0.0217. The number of carbonyl (C=O) groups is 1. The van der Waals surface area contributed by atoms with Gasteiger partial charge >= 0.3 is 12.2 Å². The maximum atomic E-state index is 13.5. The van der Waals surface area contributed by atoms with Crippen LogP contribution in [0.2, 0.25) is 0 Å². The van der Waals surface area contributed by atoms with Crippen LogP contribution in [0.4, 0.5) is 33.7 Å². The van der Waals surface area contributed by atoms with Crippen LogP contribution >= 0.6 is 0 Å². The van der Waals surface area contributed by atoms with E-state index >= 15 is 0 Å². The molecular formula is C26H22F4N4O2. The van der Waals surface area contributed by atoms with Crippen LogP contribution in [-0.4, -0.2) is 47.3 Å². The number of ether oxygens (including phenoxy) is 1. The van der Waals surface area contributed by atoms with Crippen LogP contribution in [0.3, 0.4) is 0 Å². The third-order valence-electron chi connectivity index (χ3n) is 6.13. The summed E-state index contributed by atoms with van der Waals surface area (Å²) < 4.78 is 59.2. The Morgan fingerprint density at radius 3 is 2.58 bits per heavy atom. The Balaban J connectivity index is 1.41. The van der Waals surface area contributed by atoms with E-state index in [2.05, 4.69) is 5.32 Å². The van der Waals surface area contributed by atoms with Crippen molar-refractivity contribution in [2.45, 2.75) is 19.1 Å². The molecule has 1 N–H and O–H groups in total. The number of fused-ring (bicyclic) bond motifs is 2. The van der Waals surface area contributed by atoms with Gasteiger partial charge in [-0.3, -0.25) is 0 Å². The second kappa shape index (κ2) is 9.18. The second-order valence-electron chi connectivity index (χ2n) is 8.64. The summed E-state index contributed by atoms with van der Waals surface area (Å²) in [6.07, 6.45) is -4.51. The fraction of sp³-hybridized carbons (Fsp3) is 0.231. The van der Waals surface area contributed by atoms with Gasteiger partial charge in [0.1, 0.15) is 23.1 Å². The van der Waals surface area contributed by atoms with E-state index in [0.717, 1.165) is 12.1 Å². The van der Waals surface area contributed by atoms with Gasteiger partial charge in [-0.2, -0.15) is 13.2 Å². The molecule has 0 aromatic heterocycles. The highest BCUT2D eigenvalue weighted by Crippen LogP contribution is 2.42. The van der Waals surface area contributed by atoms with E-state index in [-0.39, 0.29) is 23.5 Å². The lowest BCUT2D eigenvalue weighted by Gasteiger charge is -2.41. The zero-order valence-electron chi connectivity index (χ0n) is 19.2. The van der Waals surface area contributed by atoms with E-state index in [9.17, 15) is 22.4 Å². The van der Waals surface area contributed by atoms with Crippen molar-refractivity contribution in [1.29, 1.82) is 0 Å². The molecule has 36 heavy (non-hydrogen) atoms. The van der Waals surface area contributed by atoms with E-state index in [1.165, 1.54) is 24.3 Å². The lowest BCUT2D eigenvalue weighted by Crippen LogP contribution is -2.56. The highest BCUT2D eigenvalue weighted by atomic mass is 19.4. The van der Waals surface area contributed by atoms with Crippen molar-refractivity contribution in [2.75, 3.05) is 25.0 Å². The van der Waals surface area contributed by atoms with Crippen LogP contribution in [0.15, 0.2) is 71.7 Å². The molecule has 1 atom stereocenters. The maximum Gasteiger partial charge on any atom is 0.416 e. The van der Waals surface area contributed by atoms with Crippen LogP contribution in [0, 0.1) is 5.82 Å². The summed E-state index contributed by atoms with van der Waals surface area (Å²) in [5.41, 5.74) is 0.480. The first-order chi connectivity index (χ1) is 17.2. The highest BCUT2D eigenvalue weighted by Gasteiger charge is 2.34. The number of amidine groups is 1. The number of anilines is 1. The summed E-state index contributed by atoms with van der Waals surface area (Å²) in [5, 5.41) is 2.72. The number of carbonyl (C=O) groups excluding carboxylic acids is 1. The lowest BCUT2D eigenvalue weighted by molar-refractivity contribution is -0.137. The number of urea groups is 1. The Morgan fingerprint density at radius 1 is 1.03 bits per heavy atom. The summed E-state index contributed by atoms with van der Waals surface area (Å²) in [4.78, 5) is 21.2. The molecule has 2 amide bonds. The molecule has 2 heterocycles. The van der Waals surface area contributed by atoms with E-state index in [4.69, 9.17) is 9.73 Å². The van der Waals surface area contributed by atoms with Crippen LogP contribution in [0.25, 0.3) is 0 Å². The van der Waals surface area contributed by atoms with Crippen molar-refractivity contribution in [2.24, 2.45) is 4.99 Å². The van der Waals surface area contributed by atoms with Crippen LogP contribution in [-0.2, 0) is 6.18 Å². The minimum atomic E-state index is -4.51. The van der Waals surface area contributed by atoms with Crippen molar-refractivity contribution in [1.82, 2.24) is 9.80 Å². The molecule has 1 fully saturated rings. The maximum absolute atomic E-state index is 13.5. The zero-order chi connectivity index (χ0) is 25.4. The van der Waals surface area contributed by atoms with Gasteiger partial charge in [0.2, 0.25) is 0 Å². The number of hydrogen-bond acceptors (Lipinski definition) is 4. The Bertz CT molecular complexity index is 1340. The first-order valence-corrected chi connectivity index (χ1v) is 11.3. The largest absolute Gasteiger partial charge is 0.454 e. The molecule has 6 nitrogen and oxygen atoms in total. The van der Waals surface area contributed by atoms with E-state index < -0.39 is 17.6 Å². The fourth-order valence-corrected chi connectivity index (χ4v) is 4.35. The topological polar surface area (TPSA) is 57.2 Å². The number of nitrogens with one attached hydrogen (secondary N) is 1. The third-order valence-corrected chi connectivity index (χ3v) is 6.13. The normalized spacial score (nSPS) is 17.4. The molecule has 0 spiro atoms. The molecular weight excluding hydrogens is 476 g/mol. The predicted molar refractivity (Wildman–Crippen MR) is 127 cm³/mol. The summed E-state index contributed by atoms with van der Waals surface area (Å²) >= 11 is 0. The SMILES string of the molecule is CC1CN(C2=Nc3ccc(C(F)(F)F)cc3Oc3ccccc32)CCN1C(=O)Nc1cccc(F)c1. The van der Waals surface area contributed by atoms with Gasteiger partial charge in [-0.25, -0.2) is 14.2 Å². The van der Waals surface area contributed by atoms with Crippen LogP contribution < -0.4 is 10.1 Å². The van der Waals surface area contributed by atoms with Gasteiger partial charge in [0.05, 0.1) is 11.1 Å². The number of nitrogens with zero attached hydrogens (tertiary/aromatic N) is 3. The van der Waals surface area contributed by atoms with Crippen molar-refractivity contribution in [3.05, 3.63) is 83.7 Å². The number of rotatable bonds is 1.